The molecule has 0 aromatic carbocycles. The van der Waals surface area contributed by atoms with Crippen molar-refractivity contribution in [3.63, 3.8) is 0 Å². The van der Waals surface area contributed by atoms with E-state index in [1.54, 1.807) is 13.8 Å². The zero-order chi connectivity index (χ0) is 12.7. The van der Waals surface area contributed by atoms with E-state index in [4.69, 9.17) is 0 Å². The van der Waals surface area contributed by atoms with Gasteiger partial charge in [-0.15, -0.1) is 0 Å². The molecule has 16 heavy (non-hydrogen) atoms. The summed E-state index contributed by atoms with van der Waals surface area (Å²) in [6, 6.07) is -0.733. The maximum Gasteiger partial charge on any atom is 0.328 e. The molecule has 0 heterocycles. The maximum atomic E-state index is 11.4. The summed E-state index contributed by atoms with van der Waals surface area (Å²) in [5.74, 6) is -0.966. The molecule has 92 valence electrons. The van der Waals surface area contributed by atoms with Crippen LogP contribution in [-0.2, 0) is 19.1 Å². The summed E-state index contributed by atoms with van der Waals surface area (Å²) >= 11 is 0. The molecular weight excluding hydrogens is 210 g/mol. The van der Waals surface area contributed by atoms with Gasteiger partial charge in [0.05, 0.1) is 7.11 Å². The van der Waals surface area contributed by atoms with E-state index in [1.165, 1.54) is 14.0 Å². The summed E-state index contributed by atoms with van der Waals surface area (Å²) < 4.78 is 4.56. The van der Waals surface area contributed by atoms with Crippen molar-refractivity contribution in [3.05, 3.63) is 0 Å². The molecule has 0 fully saturated rings. The lowest BCUT2D eigenvalue weighted by Gasteiger charge is -2.17. The van der Waals surface area contributed by atoms with Gasteiger partial charge in [0.1, 0.15) is 11.8 Å². The fourth-order valence-corrected chi connectivity index (χ4v) is 1.08. The van der Waals surface area contributed by atoms with Crippen molar-refractivity contribution in [2.75, 3.05) is 7.11 Å². The summed E-state index contributed by atoms with van der Waals surface area (Å²) in [6.45, 7) is 4.90. The van der Waals surface area contributed by atoms with E-state index in [0.29, 0.717) is 0 Å². The van der Waals surface area contributed by atoms with Crippen molar-refractivity contribution in [3.8, 4) is 0 Å². The van der Waals surface area contributed by atoms with Gasteiger partial charge in [0, 0.05) is 12.3 Å². The third kappa shape index (κ3) is 5.48. The molecule has 0 saturated carbocycles. The van der Waals surface area contributed by atoms with E-state index in [1.807, 2.05) is 0 Å². The third-order valence-corrected chi connectivity index (χ3v) is 2.11. The van der Waals surface area contributed by atoms with Crippen LogP contribution < -0.4 is 5.32 Å². The Hall–Kier alpha value is -1.39. The zero-order valence-electron chi connectivity index (χ0n) is 10.2. The number of Topliss-reactive ketones (excluding diaryl/α,β-unsaturated/α-hetero) is 1. The number of amides is 1. The third-order valence-electron chi connectivity index (χ3n) is 2.11. The standard InChI is InChI=1S/C11H19NO4/c1-7(2)10(14)12-9(11(15)16-4)6-5-8(3)13/h7,9H,5-6H2,1-4H3,(H,12,14)/t9-/m1/s1. The van der Waals surface area contributed by atoms with Crippen molar-refractivity contribution in [2.45, 2.75) is 39.7 Å². The Morgan fingerprint density at radius 3 is 2.19 bits per heavy atom. The minimum Gasteiger partial charge on any atom is -0.467 e. The van der Waals surface area contributed by atoms with Crippen LogP contribution in [-0.4, -0.2) is 30.8 Å². The lowest BCUT2D eigenvalue weighted by Crippen LogP contribution is -2.43. The van der Waals surface area contributed by atoms with Crippen molar-refractivity contribution in [1.29, 1.82) is 0 Å². The molecule has 0 bridgehead atoms. The molecule has 0 aliphatic heterocycles. The number of carbonyl (C=O) groups is 3. The Labute approximate surface area is 95.5 Å². The van der Waals surface area contributed by atoms with Gasteiger partial charge in [-0.2, -0.15) is 0 Å². The van der Waals surface area contributed by atoms with Gasteiger partial charge in [0.2, 0.25) is 5.91 Å². The first-order chi connectivity index (χ1) is 7.38. The van der Waals surface area contributed by atoms with Crippen molar-refractivity contribution in [1.82, 2.24) is 5.32 Å². The van der Waals surface area contributed by atoms with Crippen LogP contribution >= 0.6 is 0 Å². The Morgan fingerprint density at radius 2 is 1.81 bits per heavy atom. The topological polar surface area (TPSA) is 72.5 Å². The second-order valence-corrected chi connectivity index (χ2v) is 3.98. The van der Waals surface area contributed by atoms with Crippen LogP contribution in [0.25, 0.3) is 0 Å². The second kappa shape index (κ2) is 6.98. The van der Waals surface area contributed by atoms with Crippen molar-refractivity contribution < 1.29 is 19.1 Å². The predicted molar refractivity (Wildman–Crippen MR) is 58.7 cm³/mol. The Morgan fingerprint density at radius 1 is 1.25 bits per heavy atom. The monoisotopic (exact) mass is 229 g/mol. The van der Waals surface area contributed by atoms with Gasteiger partial charge in [-0.25, -0.2) is 4.79 Å². The number of hydrogen-bond donors (Lipinski definition) is 1. The maximum absolute atomic E-state index is 11.4. The van der Waals surface area contributed by atoms with E-state index >= 15 is 0 Å². The van der Waals surface area contributed by atoms with Gasteiger partial charge < -0.3 is 14.8 Å². The minimum absolute atomic E-state index is 0.0206. The number of rotatable bonds is 6. The number of hydrogen-bond acceptors (Lipinski definition) is 4. The first-order valence-corrected chi connectivity index (χ1v) is 5.26. The highest BCUT2D eigenvalue weighted by atomic mass is 16.5. The molecule has 0 rings (SSSR count). The van der Waals surface area contributed by atoms with Crippen molar-refractivity contribution in [2.24, 2.45) is 5.92 Å². The van der Waals surface area contributed by atoms with Crippen LogP contribution in [0.4, 0.5) is 0 Å². The van der Waals surface area contributed by atoms with E-state index in [2.05, 4.69) is 10.1 Å². The lowest BCUT2D eigenvalue weighted by molar-refractivity contribution is -0.145. The highest BCUT2D eigenvalue weighted by molar-refractivity contribution is 5.86. The summed E-state index contributed by atoms with van der Waals surface area (Å²) in [4.78, 5) is 33.6. The molecule has 5 nitrogen and oxygen atoms in total. The summed E-state index contributed by atoms with van der Waals surface area (Å²) in [5, 5.41) is 2.56. The SMILES string of the molecule is COC(=O)[C@@H](CCC(C)=O)NC(=O)C(C)C. The van der Waals surface area contributed by atoms with Gasteiger partial charge in [0.25, 0.3) is 0 Å². The summed E-state index contributed by atoms with van der Waals surface area (Å²) in [5.41, 5.74) is 0. The number of ketones is 1. The molecule has 0 radical (unpaired) electrons. The van der Waals surface area contributed by atoms with Gasteiger partial charge in [-0.05, 0) is 13.3 Å². The van der Waals surface area contributed by atoms with E-state index in [0.717, 1.165) is 0 Å². The average molecular weight is 229 g/mol. The Balaban J connectivity index is 4.37. The van der Waals surface area contributed by atoms with Gasteiger partial charge >= 0.3 is 5.97 Å². The van der Waals surface area contributed by atoms with Gasteiger partial charge in [-0.3, -0.25) is 4.79 Å². The van der Waals surface area contributed by atoms with Crippen LogP contribution in [0.1, 0.15) is 33.6 Å². The number of carbonyl (C=O) groups excluding carboxylic acids is 3. The van der Waals surface area contributed by atoms with Crippen LogP contribution in [0.3, 0.4) is 0 Å². The zero-order valence-corrected chi connectivity index (χ0v) is 10.2. The number of methoxy groups -OCH3 is 1. The molecule has 0 aliphatic carbocycles. The number of ether oxygens (including phenoxy) is 1. The molecule has 1 atom stereocenters. The minimum atomic E-state index is -0.733. The van der Waals surface area contributed by atoms with E-state index in [-0.39, 0.29) is 30.4 Å². The van der Waals surface area contributed by atoms with Gasteiger partial charge in [-0.1, -0.05) is 13.8 Å². The molecule has 0 aliphatic rings. The normalized spacial score (nSPS) is 12.1. The smallest absolute Gasteiger partial charge is 0.328 e. The van der Waals surface area contributed by atoms with Crippen molar-refractivity contribution >= 4 is 17.7 Å². The van der Waals surface area contributed by atoms with E-state index in [9.17, 15) is 14.4 Å². The highest BCUT2D eigenvalue weighted by Crippen LogP contribution is 2.02. The first kappa shape index (κ1) is 14.6. The molecule has 0 aromatic rings. The predicted octanol–water partition coefficient (Wildman–Crippen LogP) is 0.669. The van der Waals surface area contributed by atoms with Gasteiger partial charge in [0.15, 0.2) is 0 Å². The summed E-state index contributed by atoms with van der Waals surface area (Å²) in [6.07, 6.45) is 0.526. The quantitative estimate of drug-likeness (QED) is 0.679. The first-order valence-electron chi connectivity index (χ1n) is 5.26. The van der Waals surface area contributed by atoms with Crippen LogP contribution in [0.5, 0.6) is 0 Å². The molecular formula is C11H19NO4. The van der Waals surface area contributed by atoms with Crippen LogP contribution in [0.15, 0.2) is 0 Å². The van der Waals surface area contributed by atoms with Crippen LogP contribution in [0.2, 0.25) is 0 Å². The Kier molecular flexibility index (Phi) is 6.37. The average Bonchev–Trinajstić information content (AvgIpc) is 2.22. The summed E-state index contributed by atoms with van der Waals surface area (Å²) in [7, 11) is 1.25. The molecule has 1 N–H and O–H groups in total. The molecule has 1 amide bonds. The van der Waals surface area contributed by atoms with E-state index < -0.39 is 12.0 Å². The number of esters is 1. The lowest BCUT2D eigenvalue weighted by atomic mass is 10.1. The molecule has 0 unspecified atom stereocenters. The highest BCUT2D eigenvalue weighted by Gasteiger charge is 2.22. The Bertz CT molecular complexity index is 273. The molecule has 0 spiro atoms. The molecule has 0 saturated heterocycles. The second-order valence-electron chi connectivity index (χ2n) is 3.98. The fraction of sp³-hybridized carbons (Fsp3) is 0.727. The molecule has 0 aromatic heterocycles. The largest absolute Gasteiger partial charge is 0.467 e. The van der Waals surface area contributed by atoms with Crippen LogP contribution in [0, 0.1) is 5.92 Å². The fourth-order valence-electron chi connectivity index (χ4n) is 1.08. The molecule has 5 heteroatoms. The number of nitrogens with one attached hydrogen (secondary N) is 1.